The van der Waals surface area contributed by atoms with Crippen LogP contribution in [0.2, 0.25) is 0 Å². The number of aromatic amines is 1. The lowest BCUT2D eigenvalue weighted by atomic mass is 9.95. The molecule has 2 atom stereocenters. The maximum Gasteiger partial charge on any atom is 0.267 e. The number of hydrogen-bond acceptors (Lipinski definition) is 2. The van der Waals surface area contributed by atoms with Crippen molar-refractivity contribution in [3.05, 3.63) is 21.5 Å². The van der Waals surface area contributed by atoms with Crippen molar-refractivity contribution in [2.45, 2.75) is 19.4 Å². The summed E-state index contributed by atoms with van der Waals surface area (Å²) in [6.07, 6.45) is 2.95. The highest BCUT2D eigenvalue weighted by Gasteiger charge is 2.23. The predicted octanol–water partition coefficient (Wildman–Crippen LogP) is 1.35. The number of amides is 1. The Morgan fingerprint density at radius 1 is 1.62 bits per heavy atom. The highest BCUT2D eigenvalue weighted by atomic mass is 127. The fourth-order valence-electron chi connectivity index (χ4n) is 1.93. The lowest BCUT2D eigenvalue weighted by Gasteiger charge is -2.30. The molecule has 2 unspecified atom stereocenters. The van der Waals surface area contributed by atoms with E-state index >= 15 is 0 Å². The summed E-state index contributed by atoms with van der Waals surface area (Å²) in [5, 5.41) is 6.36. The van der Waals surface area contributed by atoms with Gasteiger partial charge in [-0.2, -0.15) is 0 Å². The van der Waals surface area contributed by atoms with E-state index in [1.165, 1.54) is 0 Å². The molecular formula is C11H16IN3O. The molecule has 1 aromatic rings. The van der Waals surface area contributed by atoms with E-state index in [2.05, 4.69) is 45.1 Å². The molecule has 0 radical (unpaired) electrons. The van der Waals surface area contributed by atoms with Gasteiger partial charge in [-0.1, -0.05) is 6.92 Å². The molecule has 1 aliphatic rings. The first-order valence-electron chi connectivity index (χ1n) is 5.52. The van der Waals surface area contributed by atoms with E-state index in [4.69, 9.17) is 0 Å². The normalized spacial score (nSPS) is 25.4. The van der Waals surface area contributed by atoms with Crippen molar-refractivity contribution in [1.29, 1.82) is 0 Å². The van der Waals surface area contributed by atoms with Crippen LogP contribution in [0.5, 0.6) is 0 Å². The molecule has 5 heteroatoms. The molecular weight excluding hydrogens is 317 g/mol. The molecule has 2 rings (SSSR count). The summed E-state index contributed by atoms with van der Waals surface area (Å²) in [6, 6.07) is 2.10. The van der Waals surface area contributed by atoms with Crippen LogP contribution in [0.4, 0.5) is 0 Å². The van der Waals surface area contributed by atoms with Crippen LogP contribution in [0.15, 0.2) is 12.3 Å². The number of H-pyrrole nitrogens is 1. The third kappa shape index (κ3) is 2.76. The third-order valence-corrected chi connectivity index (χ3v) is 3.66. The second kappa shape index (κ2) is 5.18. The molecule has 0 bridgehead atoms. The molecule has 1 aromatic heterocycles. The third-order valence-electron chi connectivity index (χ3n) is 3.04. The Hall–Kier alpha value is -0.560. The number of nitrogens with one attached hydrogen (secondary N) is 3. The highest BCUT2D eigenvalue weighted by Crippen LogP contribution is 2.12. The van der Waals surface area contributed by atoms with Crippen molar-refractivity contribution < 1.29 is 4.79 Å². The number of hydrogen-bond donors (Lipinski definition) is 3. The lowest BCUT2D eigenvalue weighted by Crippen LogP contribution is -2.50. The minimum absolute atomic E-state index is 0.0107. The predicted molar refractivity (Wildman–Crippen MR) is 71.4 cm³/mol. The van der Waals surface area contributed by atoms with Crippen LogP contribution in [0.25, 0.3) is 0 Å². The SMILES string of the molecule is CC1CCNCC1NC(=O)c1cc(I)c[nH]1. The van der Waals surface area contributed by atoms with E-state index in [1.807, 2.05) is 12.3 Å². The molecule has 1 fully saturated rings. The molecule has 1 saturated heterocycles. The quantitative estimate of drug-likeness (QED) is 0.716. The smallest absolute Gasteiger partial charge is 0.267 e. The van der Waals surface area contributed by atoms with Crippen LogP contribution >= 0.6 is 22.6 Å². The van der Waals surface area contributed by atoms with Gasteiger partial charge in [0.2, 0.25) is 0 Å². The first-order chi connectivity index (χ1) is 7.66. The van der Waals surface area contributed by atoms with Gasteiger partial charge in [0.25, 0.3) is 5.91 Å². The van der Waals surface area contributed by atoms with Crippen LogP contribution in [0.3, 0.4) is 0 Å². The van der Waals surface area contributed by atoms with E-state index in [0.717, 1.165) is 23.1 Å². The minimum Gasteiger partial charge on any atom is -0.356 e. The summed E-state index contributed by atoms with van der Waals surface area (Å²) in [5.41, 5.74) is 0.641. The Morgan fingerprint density at radius 3 is 3.06 bits per heavy atom. The highest BCUT2D eigenvalue weighted by molar-refractivity contribution is 14.1. The molecule has 0 spiro atoms. The van der Waals surface area contributed by atoms with Gasteiger partial charge in [0, 0.05) is 22.4 Å². The molecule has 1 amide bonds. The summed E-state index contributed by atoms with van der Waals surface area (Å²) in [7, 11) is 0. The Morgan fingerprint density at radius 2 is 2.44 bits per heavy atom. The van der Waals surface area contributed by atoms with Crippen molar-refractivity contribution in [3.8, 4) is 0 Å². The summed E-state index contributed by atoms with van der Waals surface area (Å²) < 4.78 is 1.05. The Bertz CT molecular complexity index is 377. The zero-order valence-electron chi connectivity index (χ0n) is 9.22. The van der Waals surface area contributed by atoms with Gasteiger partial charge in [-0.05, 0) is 47.5 Å². The van der Waals surface area contributed by atoms with E-state index in [1.54, 1.807) is 0 Å². The van der Waals surface area contributed by atoms with E-state index in [0.29, 0.717) is 11.6 Å². The number of halogens is 1. The van der Waals surface area contributed by atoms with Crippen molar-refractivity contribution in [1.82, 2.24) is 15.6 Å². The Kier molecular flexibility index (Phi) is 3.86. The number of rotatable bonds is 2. The van der Waals surface area contributed by atoms with E-state index < -0.39 is 0 Å². The maximum absolute atomic E-state index is 11.9. The molecule has 88 valence electrons. The van der Waals surface area contributed by atoms with Gasteiger partial charge >= 0.3 is 0 Å². The van der Waals surface area contributed by atoms with Gasteiger partial charge in [0.05, 0.1) is 0 Å². The first-order valence-corrected chi connectivity index (χ1v) is 6.60. The van der Waals surface area contributed by atoms with Crippen molar-refractivity contribution >= 4 is 28.5 Å². The summed E-state index contributed by atoms with van der Waals surface area (Å²) in [6.45, 7) is 4.10. The Labute approximate surface area is 109 Å². The first kappa shape index (κ1) is 11.9. The topological polar surface area (TPSA) is 56.9 Å². The molecule has 2 heterocycles. The maximum atomic E-state index is 11.9. The number of piperidine rings is 1. The van der Waals surface area contributed by atoms with Crippen LogP contribution in [-0.2, 0) is 0 Å². The lowest BCUT2D eigenvalue weighted by molar-refractivity contribution is 0.0911. The average molecular weight is 333 g/mol. The van der Waals surface area contributed by atoms with Gasteiger partial charge in [-0.25, -0.2) is 0 Å². The van der Waals surface area contributed by atoms with Gasteiger partial charge in [-0.15, -0.1) is 0 Å². The molecule has 0 saturated carbocycles. The molecule has 16 heavy (non-hydrogen) atoms. The minimum atomic E-state index is -0.0107. The van der Waals surface area contributed by atoms with Crippen molar-refractivity contribution in [3.63, 3.8) is 0 Å². The van der Waals surface area contributed by atoms with E-state index in [-0.39, 0.29) is 11.9 Å². The molecule has 0 aromatic carbocycles. The Balaban J connectivity index is 1.96. The fourth-order valence-corrected chi connectivity index (χ4v) is 2.40. The summed E-state index contributed by atoms with van der Waals surface area (Å²) in [4.78, 5) is 14.9. The number of carbonyl (C=O) groups excluding carboxylic acids is 1. The zero-order valence-corrected chi connectivity index (χ0v) is 11.4. The molecule has 1 aliphatic heterocycles. The second-order valence-corrected chi connectivity index (χ2v) is 5.53. The monoisotopic (exact) mass is 333 g/mol. The number of carbonyl (C=O) groups is 1. The van der Waals surface area contributed by atoms with Gasteiger partial charge in [-0.3, -0.25) is 4.79 Å². The van der Waals surface area contributed by atoms with Gasteiger partial charge < -0.3 is 15.6 Å². The van der Waals surface area contributed by atoms with Crippen LogP contribution < -0.4 is 10.6 Å². The van der Waals surface area contributed by atoms with Crippen LogP contribution in [0, 0.1) is 9.49 Å². The number of aromatic nitrogens is 1. The van der Waals surface area contributed by atoms with Crippen molar-refractivity contribution in [2.75, 3.05) is 13.1 Å². The summed E-state index contributed by atoms with van der Waals surface area (Å²) >= 11 is 2.19. The second-order valence-electron chi connectivity index (χ2n) is 4.28. The zero-order chi connectivity index (χ0) is 11.5. The van der Waals surface area contributed by atoms with Crippen LogP contribution in [0.1, 0.15) is 23.8 Å². The fraction of sp³-hybridized carbons (Fsp3) is 0.545. The molecule has 4 nitrogen and oxygen atoms in total. The molecule has 0 aliphatic carbocycles. The largest absolute Gasteiger partial charge is 0.356 e. The summed E-state index contributed by atoms with van der Waals surface area (Å²) in [5.74, 6) is 0.530. The standard InChI is InChI=1S/C11H16IN3O/c1-7-2-3-13-6-10(7)15-11(16)9-4-8(12)5-14-9/h4-5,7,10,13-14H,2-3,6H2,1H3,(H,15,16). The van der Waals surface area contributed by atoms with Gasteiger partial charge in [0.1, 0.15) is 5.69 Å². The average Bonchev–Trinajstić information content (AvgIpc) is 2.68. The van der Waals surface area contributed by atoms with E-state index in [9.17, 15) is 4.79 Å². The van der Waals surface area contributed by atoms with Crippen molar-refractivity contribution in [2.24, 2.45) is 5.92 Å². The van der Waals surface area contributed by atoms with Crippen LogP contribution in [-0.4, -0.2) is 30.0 Å². The molecule has 3 N–H and O–H groups in total. The van der Waals surface area contributed by atoms with Gasteiger partial charge in [0.15, 0.2) is 0 Å².